The molecular weight excluding hydrogens is 188 g/mol. The van der Waals surface area contributed by atoms with Gasteiger partial charge in [0.15, 0.2) is 0 Å². The topological polar surface area (TPSA) is 87.7 Å². The van der Waals surface area contributed by atoms with Crippen LogP contribution in [0.4, 0.5) is 4.79 Å². The summed E-state index contributed by atoms with van der Waals surface area (Å²) < 4.78 is 4.75. The number of rotatable bonds is 5. The number of hydroxylamine groups is 1. The lowest BCUT2D eigenvalue weighted by molar-refractivity contribution is -0.138. The van der Waals surface area contributed by atoms with Gasteiger partial charge in [0.05, 0.1) is 6.61 Å². The zero-order valence-corrected chi connectivity index (χ0v) is 8.00. The van der Waals surface area contributed by atoms with Crippen molar-refractivity contribution in [3.8, 4) is 0 Å². The fourth-order valence-corrected chi connectivity index (χ4v) is 0.602. The molecule has 0 aliphatic heterocycles. The molecule has 0 radical (unpaired) electrons. The van der Waals surface area contributed by atoms with Crippen LogP contribution in [-0.2, 0) is 9.53 Å². The van der Waals surface area contributed by atoms with Crippen LogP contribution >= 0.6 is 0 Å². The standard InChI is InChI=1S/C8H14N2O4/c1-6(2)7(11)14-5-3-4-9-8(12)10-13/h13H,1,3-5H2,2H3,(H2,9,10,12). The van der Waals surface area contributed by atoms with E-state index in [1.54, 1.807) is 6.92 Å². The number of nitrogens with one attached hydrogen (secondary N) is 2. The molecule has 0 bridgehead atoms. The summed E-state index contributed by atoms with van der Waals surface area (Å²) in [5.41, 5.74) is 1.75. The molecule has 0 unspecified atom stereocenters. The molecule has 0 atom stereocenters. The number of carbonyl (C=O) groups excluding carboxylic acids is 2. The number of esters is 1. The van der Waals surface area contributed by atoms with Gasteiger partial charge in [-0.3, -0.25) is 5.21 Å². The van der Waals surface area contributed by atoms with Crippen molar-refractivity contribution >= 4 is 12.0 Å². The Morgan fingerprint density at radius 1 is 1.50 bits per heavy atom. The van der Waals surface area contributed by atoms with E-state index in [2.05, 4.69) is 11.9 Å². The summed E-state index contributed by atoms with van der Waals surface area (Å²) in [5, 5.41) is 10.4. The van der Waals surface area contributed by atoms with Crippen molar-refractivity contribution in [1.82, 2.24) is 10.8 Å². The first-order chi connectivity index (χ1) is 6.57. The van der Waals surface area contributed by atoms with E-state index in [0.717, 1.165) is 0 Å². The van der Waals surface area contributed by atoms with Gasteiger partial charge < -0.3 is 10.1 Å². The minimum atomic E-state index is -0.684. The molecule has 6 heteroatoms. The Labute approximate surface area is 81.9 Å². The van der Waals surface area contributed by atoms with Gasteiger partial charge in [0, 0.05) is 12.1 Å². The molecule has 0 rings (SSSR count). The quantitative estimate of drug-likeness (QED) is 0.195. The summed E-state index contributed by atoms with van der Waals surface area (Å²) in [6.45, 7) is 5.48. The molecule has 14 heavy (non-hydrogen) atoms. The van der Waals surface area contributed by atoms with Crippen molar-refractivity contribution in [2.24, 2.45) is 0 Å². The maximum absolute atomic E-state index is 10.8. The molecule has 0 aromatic carbocycles. The van der Waals surface area contributed by atoms with E-state index in [1.165, 1.54) is 5.48 Å². The van der Waals surface area contributed by atoms with Gasteiger partial charge in [-0.1, -0.05) is 6.58 Å². The molecule has 80 valence electrons. The highest BCUT2D eigenvalue weighted by molar-refractivity contribution is 5.86. The van der Waals surface area contributed by atoms with Gasteiger partial charge in [-0.15, -0.1) is 0 Å². The fraction of sp³-hybridized carbons (Fsp3) is 0.500. The third-order valence-corrected chi connectivity index (χ3v) is 1.29. The minimum absolute atomic E-state index is 0.206. The molecule has 0 aliphatic carbocycles. The number of urea groups is 1. The molecule has 0 aromatic rings. The van der Waals surface area contributed by atoms with Crippen molar-refractivity contribution < 1.29 is 19.5 Å². The molecule has 6 nitrogen and oxygen atoms in total. The Kier molecular flexibility index (Phi) is 6.13. The molecule has 0 fully saturated rings. The molecule has 0 aromatic heterocycles. The van der Waals surface area contributed by atoms with E-state index < -0.39 is 12.0 Å². The smallest absolute Gasteiger partial charge is 0.338 e. The van der Waals surface area contributed by atoms with Crippen LogP contribution in [0.15, 0.2) is 12.2 Å². The Balaban J connectivity index is 3.34. The summed E-state index contributed by atoms with van der Waals surface area (Å²) in [6, 6.07) is -0.684. The molecule has 0 saturated heterocycles. The second kappa shape index (κ2) is 6.90. The Bertz CT molecular complexity index is 227. The van der Waals surface area contributed by atoms with Gasteiger partial charge in [0.2, 0.25) is 0 Å². The Morgan fingerprint density at radius 3 is 2.64 bits per heavy atom. The van der Waals surface area contributed by atoms with Gasteiger partial charge in [0.1, 0.15) is 0 Å². The third-order valence-electron chi connectivity index (χ3n) is 1.29. The highest BCUT2D eigenvalue weighted by Gasteiger charge is 2.02. The third kappa shape index (κ3) is 6.01. The first-order valence-electron chi connectivity index (χ1n) is 4.08. The van der Waals surface area contributed by atoms with Crippen molar-refractivity contribution in [3.05, 3.63) is 12.2 Å². The lowest BCUT2D eigenvalue weighted by Gasteiger charge is -2.04. The first kappa shape index (κ1) is 12.4. The second-order valence-electron chi connectivity index (χ2n) is 2.64. The number of hydrogen-bond acceptors (Lipinski definition) is 4. The number of hydrogen-bond donors (Lipinski definition) is 3. The van der Waals surface area contributed by atoms with Gasteiger partial charge in [0.25, 0.3) is 0 Å². The molecule has 0 saturated carbocycles. The second-order valence-corrected chi connectivity index (χ2v) is 2.64. The largest absolute Gasteiger partial charge is 0.462 e. The zero-order valence-electron chi connectivity index (χ0n) is 8.00. The van der Waals surface area contributed by atoms with Crippen LogP contribution in [0, 0.1) is 0 Å². The van der Waals surface area contributed by atoms with E-state index in [0.29, 0.717) is 18.5 Å². The van der Waals surface area contributed by atoms with Gasteiger partial charge >= 0.3 is 12.0 Å². The lowest BCUT2D eigenvalue weighted by atomic mass is 10.3. The van der Waals surface area contributed by atoms with Gasteiger partial charge in [-0.05, 0) is 13.3 Å². The number of amides is 2. The zero-order chi connectivity index (χ0) is 11.0. The summed E-state index contributed by atoms with van der Waals surface area (Å²) in [4.78, 5) is 21.3. The van der Waals surface area contributed by atoms with E-state index in [9.17, 15) is 9.59 Å². The van der Waals surface area contributed by atoms with Gasteiger partial charge in [-0.2, -0.15) is 0 Å². The predicted octanol–water partition coefficient (Wildman–Crippen LogP) is 0.184. The molecular formula is C8H14N2O4. The van der Waals surface area contributed by atoms with E-state index in [4.69, 9.17) is 9.94 Å². The molecule has 0 heterocycles. The van der Waals surface area contributed by atoms with Crippen LogP contribution < -0.4 is 10.8 Å². The summed E-state index contributed by atoms with van der Waals surface area (Å²) >= 11 is 0. The van der Waals surface area contributed by atoms with Crippen LogP contribution in [-0.4, -0.2) is 30.4 Å². The maximum Gasteiger partial charge on any atom is 0.338 e. The molecule has 0 aliphatic rings. The Morgan fingerprint density at radius 2 is 2.14 bits per heavy atom. The highest BCUT2D eigenvalue weighted by atomic mass is 16.5. The van der Waals surface area contributed by atoms with Crippen LogP contribution in [0.1, 0.15) is 13.3 Å². The Hall–Kier alpha value is -1.56. The average molecular weight is 202 g/mol. The first-order valence-corrected chi connectivity index (χ1v) is 4.08. The predicted molar refractivity (Wildman–Crippen MR) is 48.7 cm³/mol. The van der Waals surface area contributed by atoms with Gasteiger partial charge in [-0.25, -0.2) is 15.1 Å². The maximum atomic E-state index is 10.8. The lowest BCUT2D eigenvalue weighted by Crippen LogP contribution is -2.34. The van der Waals surface area contributed by atoms with Crippen LogP contribution in [0.2, 0.25) is 0 Å². The molecule has 3 N–H and O–H groups in total. The molecule has 0 spiro atoms. The van der Waals surface area contributed by atoms with E-state index in [1.807, 2.05) is 0 Å². The van der Waals surface area contributed by atoms with Crippen molar-refractivity contribution in [3.63, 3.8) is 0 Å². The molecule has 2 amide bonds. The average Bonchev–Trinajstić information content (AvgIpc) is 2.16. The van der Waals surface area contributed by atoms with Crippen LogP contribution in [0.5, 0.6) is 0 Å². The van der Waals surface area contributed by atoms with Crippen LogP contribution in [0.25, 0.3) is 0 Å². The van der Waals surface area contributed by atoms with Crippen molar-refractivity contribution in [2.75, 3.05) is 13.2 Å². The normalized spacial score (nSPS) is 9.00. The van der Waals surface area contributed by atoms with E-state index in [-0.39, 0.29) is 6.61 Å². The summed E-state index contributed by atoms with van der Waals surface area (Å²) in [7, 11) is 0. The minimum Gasteiger partial charge on any atom is -0.462 e. The summed E-state index contributed by atoms with van der Waals surface area (Å²) in [6.07, 6.45) is 0.479. The fourth-order valence-electron chi connectivity index (χ4n) is 0.602. The van der Waals surface area contributed by atoms with Crippen LogP contribution in [0.3, 0.4) is 0 Å². The van der Waals surface area contributed by atoms with Crippen molar-refractivity contribution in [2.45, 2.75) is 13.3 Å². The highest BCUT2D eigenvalue weighted by Crippen LogP contribution is 1.92. The van der Waals surface area contributed by atoms with Crippen molar-refractivity contribution in [1.29, 1.82) is 0 Å². The number of carbonyl (C=O) groups is 2. The monoisotopic (exact) mass is 202 g/mol. The van der Waals surface area contributed by atoms with E-state index >= 15 is 0 Å². The summed E-state index contributed by atoms with van der Waals surface area (Å²) in [5.74, 6) is -0.448. The SMILES string of the molecule is C=C(C)C(=O)OCCCNC(=O)NO. The number of ether oxygens (including phenoxy) is 1.